The number of rotatable bonds is 3. The van der Waals surface area contributed by atoms with Gasteiger partial charge in [0.15, 0.2) is 0 Å². The Morgan fingerprint density at radius 3 is 2.53 bits per heavy atom. The van der Waals surface area contributed by atoms with Crippen LogP contribution in [-0.4, -0.2) is 7.11 Å². The summed E-state index contributed by atoms with van der Waals surface area (Å²) in [7, 11) is 1.55. The molecule has 19 heavy (non-hydrogen) atoms. The first-order valence-corrected chi connectivity index (χ1v) is 6.73. The highest BCUT2D eigenvalue weighted by Gasteiger charge is 2.13. The van der Waals surface area contributed by atoms with Crippen LogP contribution in [0.5, 0.6) is 5.75 Å². The van der Waals surface area contributed by atoms with Crippen LogP contribution in [0, 0.1) is 5.82 Å². The molecule has 1 unspecified atom stereocenters. The molecule has 2 N–H and O–H groups in total. The molecule has 0 radical (unpaired) electrons. The summed E-state index contributed by atoms with van der Waals surface area (Å²) in [6.07, 6.45) is 0. The number of halogens is 3. The summed E-state index contributed by atoms with van der Waals surface area (Å²) in [6, 6.07) is 9.41. The van der Waals surface area contributed by atoms with E-state index in [-0.39, 0.29) is 5.82 Å². The van der Waals surface area contributed by atoms with Crippen LogP contribution in [-0.2, 0) is 0 Å². The van der Waals surface area contributed by atoms with E-state index in [4.69, 9.17) is 22.1 Å². The van der Waals surface area contributed by atoms with Crippen molar-refractivity contribution in [3.05, 3.63) is 62.8 Å². The molecule has 0 saturated carbocycles. The Morgan fingerprint density at radius 1 is 1.21 bits per heavy atom. The number of ether oxygens (including phenoxy) is 1. The van der Waals surface area contributed by atoms with E-state index >= 15 is 0 Å². The number of nitrogens with two attached hydrogens (primary N) is 1. The molecule has 5 heteroatoms. The molecule has 2 aromatic rings. The van der Waals surface area contributed by atoms with Gasteiger partial charge >= 0.3 is 0 Å². The molecule has 0 saturated heterocycles. The molecular weight excluding hydrogens is 333 g/mol. The molecule has 0 aliphatic rings. The summed E-state index contributed by atoms with van der Waals surface area (Å²) in [5.41, 5.74) is 7.60. The monoisotopic (exact) mass is 343 g/mol. The number of hydrogen-bond acceptors (Lipinski definition) is 2. The Labute approximate surface area is 124 Å². The van der Waals surface area contributed by atoms with Gasteiger partial charge in [0, 0.05) is 4.47 Å². The van der Waals surface area contributed by atoms with Crippen LogP contribution in [0.15, 0.2) is 40.9 Å². The van der Waals surface area contributed by atoms with E-state index in [1.807, 2.05) is 6.07 Å². The van der Waals surface area contributed by atoms with E-state index in [2.05, 4.69) is 15.9 Å². The summed E-state index contributed by atoms with van der Waals surface area (Å²) >= 11 is 9.31. The predicted molar refractivity (Wildman–Crippen MR) is 78.1 cm³/mol. The molecule has 0 bridgehead atoms. The van der Waals surface area contributed by atoms with E-state index in [9.17, 15) is 4.39 Å². The lowest BCUT2D eigenvalue weighted by Gasteiger charge is -2.14. The van der Waals surface area contributed by atoms with Crippen LogP contribution < -0.4 is 10.5 Å². The Morgan fingerprint density at radius 2 is 1.95 bits per heavy atom. The molecule has 0 fully saturated rings. The van der Waals surface area contributed by atoms with Crippen LogP contribution in [0.2, 0.25) is 5.02 Å². The molecule has 2 rings (SSSR count). The molecule has 2 nitrogen and oxygen atoms in total. The van der Waals surface area contributed by atoms with E-state index in [1.54, 1.807) is 25.3 Å². The minimum absolute atomic E-state index is 0.334. The van der Waals surface area contributed by atoms with E-state index in [1.165, 1.54) is 12.1 Å². The molecular formula is C14H12BrClFNO. The van der Waals surface area contributed by atoms with Crippen molar-refractivity contribution in [2.75, 3.05) is 7.11 Å². The lowest BCUT2D eigenvalue weighted by atomic mass is 9.99. The largest absolute Gasteiger partial charge is 0.495 e. The van der Waals surface area contributed by atoms with Crippen LogP contribution in [0.4, 0.5) is 4.39 Å². The van der Waals surface area contributed by atoms with Crippen molar-refractivity contribution < 1.29 is 9.13 Å². The SMILES string of the molecule is COc1ccc(C(N)c2cc(F)cc(Br)c2)cc1Cl. The zero-order valence-electron chi connectivity index (χ0n) is 10.2. The maximum Gasteiger partial charge on any atom is 0.137 e. The second-order valence-electron chi connectivity index (χ2n) is 4.07. The van der Waals surface area contributed by atoms with E-state index in [0.29, 0.717) is 20.8 Å². The first-order chi connectivity index (χ1) is 9.01. The van der Waals surface area contributed by atoms with Crippen molar-refractivity contribution >= 4 is 27.5 Å². The predicted octanol–water partition coefficient (Wildman–Crippen LogP) is 4.30. The van der Waals surface area contributed by atoms with Crippen molar-refractivity contribution in [3.63, 3.8) is 0 Å². The molecule has 0 amide bonds. The van der Waals surface area contributed by atoms with Crippen molar-refractivity contribution in [1.82, 2.24) is 0 Å². The second kappa shape index (κ2) is 5.90. The summed E-state index contributed by atoms with van der Waals surface area (Å²) in [5.74, 6) is 0.248. The minimum atomic E-state index is -0.449. The molecule has 100 valence electrons. The molecule has 0 aliphatic heterocycles. The van der Waals surface area contributed by atoms with E-state index in [0.717, 1.165) is 5.56 Å². The van der Waals surface area contributed by atoms with Gasteiger partial charge < -0.3 is 10.5 Å². The lowest BCUT2D eigenvalue weighted by Crippen LogP contribution is -2.12. The van der Waals surface area contributed by atoms with Crippen LogP contribution in [0.1, 0.15) is 17.2 Å². The van der Waals surface area contributed by atoms with Crippen molar-refractivity contribution in [2.45, 2.75) is 6.04 Å². The molecule has 1 atom stereocenters. The second-order valence-corrected chi connectivity index (χ2v) is 5.40. The maximum absolute atomic E-state index is 13.4. The van der Waals surface area contributed by atoms with E-state index < -0.39 is 6.04 Å². The topological polar surface area (TPSA) is 35.2 Å². The number of hydrogen-bond donors (Lipinski definition) is 1. The smallest absolute Gasteiger partial charge is 0.137 e. The Hall–Kier alpha value is -1.10. The van der Waals surface area contributed by atoms with Crippen LogP contribution in [0.25, 0.3) is 0 Å². The number of methoxy groups -OCH3 is 1. The molecule has 0 aromatic heterocycles. The average Bonchev–Trinajstić information content (AvgIpc) is 2.36. The third-order valence-electron chi connectivity index (χ3n) is 2.78. The highest BCUT2D eigenvalue weighted by atomic mass is 79.9. The third kappa shape index (κ3) is 3.26. The van der Waals surface area contributed by atoms with Gasteiger partial charge in [0.25, 0.3) is 0 Å². The van der Waals surface area contributed by atoms with Crippen molar-refractivity contribution in [1.29, 1.82) is 0 Å². The zero-order valence-corrected chi connectivity index (χ0v) is 12.5. The fraction of sp³-hybridized carbons (Fsp3) is 0.143. The average molecular weight is 345 g/mol. The molecule has 2 aromatic carbocycles. The molecule has 0 aliphatic carbocycles. The Kier molecular flexibility index (Phi) is 4.45. The number of benzene rings is 2. The van der Waals surface area contributed by atoms with Gasteiger partial charge in [-0.3, -0.25) is 0 Å². The van der Waals surface area contributed by atoms with Gasteiger partial charge in [0.1, 0.15) is 11.6 Å². The summed E-state index contributed by atoms with van der Waals surface area (Å²) < 4.78 is 19.1. The molecule has 0 spiro atoms. The zero-order chi connectivity index (χ0) is 14.0. The highest BCUT2D eigenvalue weighted by molar-refractivity contribution is 9.10. The van der Waals surface area contributed by atoms with Gasteiger partial charge in [0.05, 0.1) is 18.2 Å². The van der Waals surface area contributed by atoms with Crippen LogP contribution >= 0.6 is 27.5 Å². The molecule has 0 heterocycles. The highest BCUT2D eigenvalue weighted by Crippen LogP contribution is 2.30. The van der Waals surface area contributed by atoms with Crippen molar-refractivity contribution in [3.8, 4) is 5.75 Å². The van der Waals surface area contributed by atoms with Gasteiger partial charge in [-0.2, -0.15) is 0 Å². The maximum atomic E-state index is 13.4. The quantitative estimate of drug-likeness (QED) is 0.901. The summed E-state index contributed by atoms with van der Waals surface area (Å²) in [4.78, 5) is 0. The van der Waals surface area contributed by atoms with Crippen molar-refractivity contribution in [2.24, 2.45) is 5.73 Å². The van der Waals surface area contributed by atoms with Gasteiger partial charge in [-0.05, 0) is 41.5 Å². The fourth-order valence-electron chi connectivity index (χ4n) is 1.82. The fourth-order valence-corrected chi connectivity index (χ4v) is 2.57. The minimum Gasteiger partial charge on any atom is -0.495 e. The summed E-state index contributed by atoms with van der Waals surface area (Å²) in [6.45, 7) is 0. The first kappa shape index (κ1) is 14.3. The first-order valence-electron chi connectivity index (χ1n) is 5.56. The third-order valence-corrected chi connectivity index (χ3v) is 3.53. The standard InChI is InChI=1S/C14H12BrClFNO/c1-19-13-3-2-8(6-12(13)16)14(18)9-4-10(15)7-11(17)5-9/h2-7,14H,18H2,1H3. The normalized spacial score (nSPS) is 12.3. The van der Waals surface area contributed by atoms with Gasteiger partial charge in [-0.25, -0.2) is 4.39 Å². The summed E-state index contributed by atoms with van der Waals surface area (Å²) in [5, 5.41) is 0.478. The van der Waals surface area contributed by atoms with Gasteiger partial charge in [-0.1, -0.05) is 33.6 Å². The van der Waals surface area contributed by atoms with Gasteiger partial charge in [-0.15, -0.1) is 0 Å². The lowest BCUT2D eigenvalue weighted by molar-refractivity contribution is 0.415. The van der Waals surface area contributed by atoms with Crippen LogP contribution in [0.3, 0.4) is 0 Å². The Balaban J connectivity index is 2.38. The Bertz CT molecular complexity index is 586. The van der Waals surface area contributed by atoms with Gasteiger partial charge in [0.2, 0.25) is 0 Å².